The lowest BCUT2D eigenvalue weighted by atomic mass is 10.1. The second-order valence-corrected chi connectivity index (χ2v) is 9.44. The molecule has 2 aliphatic rings. The first-order valence-electron chi connectivity index (χ1n) is 12.6. The first kappa shape index (κ1) is 33.7. The summed E-state index contributed by atoms with van der Waals surface area (Å²) in [6.45, 7) is 6.95. The molecule has 18 heteroatoms. The summed E-state index contributed by atoms with van der Waals surface area (Å²) in [5.41, 5.74) is 8.24. The molecule has 2 saturated heterocycles. The standard InChI is InChI=1S/C19H30N8.2C2HF3O2/c1-2-3-15-10-21-19(22-11-15)26-8-5-18(6-9-26)27-14-17(23-24-27)13-25-7-4-16(20)12-25;2*3-2(4,5)1(6)7/h10-11,14,16,18H,2-9,12-13,20H2,1H3;2*(H,6,7)/t16-;;/m1../s1. The maximum atomic E-state index is 10.6. The summed E-state index contributed by atoms with van der Waals surface area (Å²) in [4.78, 5) is 31.5. The zero-order chi connectivity index (χ0) is 30.8. The van der Waals surface area contributed by atoms with Crippen molar-refractivity contribution in [2.24, 2.45) is 5.73 Å². The highest BCUT2D eigenvalue weighted by molar-refractivity contribution is 5.73. The van der Waals surface area contributed by atoms with Crippen LogP contribution >= 0.6 is 0 Å². The highest BCUT2D eigenvalue weighted by Crippen LogP contribution is 2.24. The number of hydrogen-bond acceptors (Lipinski definition) is 9. The van der Waals surface area contributed by atoms with Crippen LogP contribution in [0.2, 0.25) is 0 Å². The first-order valence-corrected chi connectivity index (χ1v) is 12.6. The van der Waals surface area contributed by atoms with Crippen molar-refractivity contribution in [3.63, 3.8) is 0 Å². The number of hydrogen-bond donors (Lipinski definition) is 3. The monoisotopic (exact) mass is 598 g/mol. The van der Waals surface area contributed by atoms with Gasteiger partial charge in [-0.15, -0.1) is 5.10 Å². The third-order valence-corrected chi connectivity index (χ3v) is 6.09. The fraction of sp³-hybridized carbons (Fsp3) is 0.652. The van der Waals surface area contributed by atoms with E-state index < -0.39 is 24.3 Å². The van der Waals surface area contributed by atoms with Gasteiger partial charge in [0, 0.05) is 51.2 Å². The van der Waals surface area contributed by atoms with Crippen LogP contribution in [0.25, 0.3) is 0 Å². The lowest BCUT2D eigenvalue weighted by molar-refractivity contribution is -0.193. The maximum Gasteiger partial charge on any atom is 0.490 e. The van der Waals surface area contributed by atoms with Gasteiger partial charge in [-0.05, 0) is 31.2 Å². The Morgan fingerprint density at radius 1 is 0.976 bits per heavy atom. The Hall–Kier alpha value is -3.54. The molecule has 0 spiro atoms. The largest absolute Gasteiger partial charge is 0.490 e. The van der Waals surface area contributed by atoms with Crippen molar-refractivity contribution in [1.82, 2.24) is 29.9 Å². The molecule has 12 nitrogen and oxygen atoms in total. The Morgan fingerprint density at radius 2 is 1.51 bits per heavy atom. The van der Waals surface area contributed by atoms with Crippen LogP contribution in [-0.2, 0) is 22.6 Å². The lowest BCUT2D eigenvalue weighted by Crippen LogP contribution is -2.35. The number of nitrogens with zero attached hydrogens (tertiary/aromatic N) is 7. The van der Waals surface area contributed by atoms with E-state index >= 15 is 0 Å². The quantitative estimate of drug-likeness (QED) is 0.419. The van der Waals surface area contributed by atoms with Gasteiger partial charge in [-0.3, -0.25) is 4.90 Å². The van der Waals surface area contributed by atoms with Gasteiger partial charge in [0.2, 0.25) is 5.95 Å². The highest BCUT2D eigenvalue weighted by Gasteiger charge is 2.38. The van der Waals surface area contributed by atoms with Gasteiger partial charge < -0.3 is 20.8 Å². The number of aryl methyl sites for hydroxylation is 1. The minimum Gasteiger partial charge on any atom is -0.475 e. The van der Waals surface area contributed by atoms with Crippen molar-refractivity contribution in [2.75, 3.05) is 31.1 Å². The van der Waals surface area contributed by atoms with Crippen molar-refractivity contribution in [1.29, 1.82) is 0 Å². The molecule has 0 amide bonds. The molecule has 0 aromatic carbocycles. The summed E-state index contributed by atoms with van der Waals surface area (Å²) in [6, 6.07) is 0.713. The minimum atomic E-state index is -5.08. The number of anilines is 1. The number of likely N-dealkylation sites (tertiary alicyclic amines) is 1. The van der Waals surface area contributed by atoms with Crippen molar-refractivity contribution >= 4 is 17.9 Å². The number of halogens is 6. The van der Waals surface area contributed by atoms with Crippen molar-refractivity contribution in [2.45, 2.75) is 70.0 Å². The SMILES string of the molecule is CCCc1cnc(N2CCC(n3cc(CN4CC[C@@H](N)C4)nn3)CC2)nc1.O=C(O)C(F)(F)F.O=C(O)C(F)(F)F. The number of aromatic nitrogens is 5. The second-order valence-electron chi connectivity index (χ2n) is 9.44. The lowest BCUT2D eigenvalue weighted by Gasteiger charge is -2.31. The zero-order valence-electron chi connectivity index (χ0n) is 22.1. The molecule has 2 aromatic heterocycles. The molecule has 2 aromatic rings. The normalized spacial score (nSPS) is 18.2. The number of rotatable bonds is 6. The van der Waals surface area contributed by atoms with Crippen molar-refractivity contribution < 1.29 is 46.1 Å². The molecule has 2 aliphatic heterocycles. The van der Waals surface area contributed by atoms with Crippen LogP contribution in [0.15, 0.2) is 18.6 Å². The van der Waals surface area contributed by atoms with Crippen LogP contribution in [0.5, 0.6) is 0 Å². The zero-order valence-corrected chi connectivity index (χ0v) is 22.1. The number of alkyl halides is 6. The van der Waals surface area contributed by atoms with Gasteiger partial charge in [-0.1, -0.05) is 18.6 Å². The molecule has 2 fully saturated rings. The Balaban J connectivity index is 0.000000349. The minimum absolute atomic E-state index is 0.308. The fourth-order valence-corrected chi connectivity index (χ4v) is 4.06. The summed E-state index contributed by atoms with van der Waals surface area (Å²) in [6.07, 6.45) is 1.19. The Morgan fingerprint density at radius 3 is 1.95 bits per heavy atom. The molecule has 0 radical (unpaired) electrons. The van der Waals surface area contributed by atoms with Gasteiger partial charge in [0.15, 0.2) is 0 Å². The van der Waals surface area contributed by atoms with E-state index in [0.29, 0.717) is 12.1 Å². The summed E-state index contributed by atoms with van der Waals surface area (Å²) in [5.74, 6) is -4.67. The van der Waals surface area contributed by atoms with E-state index in [9.17, 15) is 26.3 Å². The van der Waals surface area contributed by atoms with E-state index in [4.69, 9.17) is 25.5 Å². The molecule has 230 valence electrons. The van der Waals surface area contributed by atoms with Crippen molar-refractivity contribution in [3.05, 3.63) is 29.8 Å². The Labute approximate surface area is 231 Å². The molecule has 41 heavy (non-hydrogen) atoms. The van der Waals surface area contributed by atoms with Gasteiger partial charge in [-0.25, -0.2) is 24.2 Å². The fourth-order valence-electron chi connectivity index (χ4n) is 4.06. The van der Waals surface area contributed by atoms with Gasteiger partial charge in [-0.2, -0.15) is 26.3 Å². The smallest absolute Gasteiger partial charge is 0.475 e. The summed E-state index contributed by atoms with van der Waals surface area (Å²) in [5, 5.41) is 23.0. The molecular formula is C23H32F6N8O4. The molecule has 0 bridgehead atoms. The molecule has 1 atom stereocenters. The average molecular weight is 599 g/mol. The molecule has 0 saturated carbocycles. The van der Waals surface area contributed by atoms with E-state index in [-0.39, 0.29) is 0 Å². The summed E-state index contributed by atoms with van der Waals surface area (Å²) < 4.78 is 65.5. The van der Waals surface area contributed by atoms with E-state index in [1.165, 1.54) is 5.56 Å². The van der Waals surface area contributed by atoms with Crippen molar-refractivity contribution in [3.8, 4) is 0 Å². The predicted octanol–water partition coefficient (Wildman–Crippen LogP) is 2.66. The van der Waals surface area contributed by atoms with Gasteiger partial charge in [0.1, 0.15) is 0 Å². The van der Waals surface area contributed by atoms with E-state index in [0.717, 1.165) is 76.5 Å². The van der Waals surface area contributed by atoms with Crippen LogP contribution in [-0.4, -0.2) is 96.6 Å². The van der Waals surface area contributed by atoms with Crippen LogP contribution in [0.4, 0.5) is 32.3 Å². The van der Waals surface area contributed by atoms with E-state index in [2.05, 4.69) is 43.2 Å². The van der Waals surface area contributed by atoms with E-state index in [1.54, 1.807) is 0 Å². The first-order chi connectivity index (χ1) is 19.1. The molecule has 4 rings (SSSR count). The molecular weight excluding hydrogens is 566 g/mol. The van der Waals surface area contributed by atoms with Gasteiger partial charge >= 0.3 is 24.3 Å². The topological polar surface area (TPSA) is 164 Å². The van der Waals surface area contributed by atoms with Crippen LogP contribution < -0.4 is 10.6 Å². The number of piperidine rings is 1. The molecule has 0 unspecified atom stereocenters. The van der Waals surface area contributed by atoms with Crippen LogP contribution in [0.1, 0.15) is 49.9 Å². The number of carboxylic acids is 2. The number of nitrogens with two attached hydrogens (primary N) is 1. The highest BCUT2D eigenvalue weighted by atomic mass is 19.4. The number of carbonyl (C=O) groups is 2. The summed E-state index contributed by atoms with van der Waals surface area (Å²) in [7, 11) is 0. The third-order valence-electron chi connectivity index (χ3n) is 6.09. The number of carboxylic acid groups (broad SMARTS) is 2. The maximum absolute atomic E-state index is 10.6. The molecule has 0 aliphatic carbocycles. The molecule has 4 N–H and O–H groups in total. The van der Waals surface area contributed by atoms with E-state index in [1.807, 2.05) is 17.1 Å². The Kier molecular flexibility index (Phi) is 12.2. The molecule has 4 heterocycles. The number of aliphatic carboxylic acids is 2. The third kappa shape index (κ3) is 11.5. The predicted molar refractivity (Wildman–Crippen MR) is 132 cm³/mol. The van der Waals surface area contributed by atoms with Crippen LogP contribution in [0, 0.1) is 0 Å². The Bertz CT molecular complexity index is 1080. The van der Waals surface area contributed by atoms with Gasteiger partial charge in [0.25, 0.3) is 0 Å². The van der Waals surface area contributed by atoms with Crippen LogP contribution in [0.3, 0.4) is 0 Å². The summed E-state index contributed by atoms with van der Waals surface area (Å²) >= 11 is 0. The second kappa shape index (κ2) is 14.9. The van der Waals surface area contributed by atoms with Gasteiger partial charge in [0.05, 0.1) is 17.9 Å². The average Bonchev–Trinajstić information content (AvgIpc) is 3.53.